The Labute approximate surface area is 176 Å². The lowest BCUT2D eigenvalue weighted by atomic mass is 9.67. The van der Waals surface area contributed by atoms with Crippen molar-refractivity contribution in [2.75, 3.05) is 0 Å². The molecule has 2 aromatic rings. The van der Waals surface area contributed by atoms with E-state index < -0.39 is 5.66 Å². The molecule has 5 aliphatic rings. The van der Waals surface area contributed by atoms with Crippen LogP contribution >= 0.6 is 0 Å². The third-order valence-corrected chi connectivity index (χ3v) is 7.58. The number of rotatable bonds is 0. The summed E-state index contributed by atoms with van der Waals surface area (Å²) in [5.41, 5.74) is 9.77. The Balaban J connectivity index is 1.57. The molecule has 2 aliphatic heterocycles. The van der Waals surface area contributed by atoms with Crippen molar-refractivity contribution in [3.05, 3.63) is 100 Å². The monoisotopic (exact) mass is 390 g/mol. The van der Waals surface area contributed by atoms with Gasteiger partial charge in [0.2, 0.25) is 0 Å². The molecule has 30 heavy (non-hydrogen) atoms. The van der Waals surface area contributed by atoms with Crippen molar-refractivity contribution in [3.63, 3.8) is 0 Å². The summed E-state index contributed by atoms with van der Waals surface area (Å²) in [5, 5.41) is 0. The van der Waals surface area contributed by atoms with Crippen LogP contribution in [-0.4, -0.2) is 16.4 Å². The molecule has 3 heteroatoms. The number of carbonyl (C=O) groups excluding carboxylic acids is 1. The van der Waals surface area contributed by atoms with Gasteiger partial charge >= 0.3 is 0 Å². The number of carbonyl (C=O) groups is 1. The first-order chi connectivity index (χ1) is 14.8. The predicted octanol–water partition coefficient (Wildman–Crippen LogP) is 4.94. The molecule has 7 rings (SSSR count). The second-order valence-corrected chi connectivity index (χ2v) is 9.03. The van der Waals surface area contributed by atoms with Crippen LogP contribution in [0, 0.1) is 5.92 Å². The second-order valence-electron chi connectivity index (χ2n) is 9.03. The highest BCUT2D eigenvalue weighted by Gasteiger charge is 2.58. The highest BCUT2D eigenvalue weighted by atomic mass is 16.1. The molecule has 0 bridgehead atoms. The summed E-state index contributed by atoms with van der Waals surface area (Å²) in [7, 11) is 0. The zero-order valence-electron chi connectivity index (χ0n) is 16.8. The quantitative estimate of drug-likeness (QED) is 0.597. The van der Waals surface area contributed by atoms with Crippen LogP contribution in [-0.2, 0) is 23.3 Å². The Morgan fingerprint density at radius 1 is 0.933 bits per heavy atom. The Bertz CT molecular complexity index is 1260. The van der Waals surface area contributed by atoms with Crippen LogP contribution in [0.4, 0.5) is 0 Å². The van der Waals surface area contributed by atoms with Crippen molar-refractivity contribution in [2.45, 2.75) is 37.8 Å². The van der Waals surface area contributed by atoms with E-state index in [2.05, 4.69) is 53.4 Å². The number of ketones is 1. The Kier molecular flexibility index (Phi) is 3.15. The third-order valence-electron chi connectivity index (χ3n) is 7.58. The summed E-state index contributed by atoms with van der Waals surface area (Å²) in [5.74, 6) is 0.484. The molecular weight excluding hydrogens is 368 g/mol. The summed E-state index contributed by atoms with van der Waals surface area (Å²) in [6, 6.07) is 17.6. The van der Waals surface area contributed by atoms with Crippen LogP contribution in [0.1, 0.15) is 41.5 Å². The Morgan fingerprint density at radius 3 is 2.70 bits per heavy atom. The molecular formula is C27H22N2O. The molecule has 146 valence electrons. The van der Waals surface area contributed by atoms with Crippen molar-refractivity contribution in [3.8, 4) is 0 Å². The summed E-state index contributed by atoms with van der Waals surface area (Å²) in [4.78, 5) is 20.3. The first-order valence-corrected chi connectivity index (χ1v) is 11.0. The Morgan fingerprint density at radius 2 is 1.77 bits per heavy atom. The van der Waals surface area contributed by atoms with Crippen LogP contribution < -0.4 is 0 Å². The molecule has 3 aliphatic carbocycles. The molecule has 0 saturated carbocycles. The van der Waals surface area contributed by atoms with E-state index in [-0.39, 0.29) is 5.78 Å². The summed E-state index contributed by atoms with van der Waals surface area (Å²) >= 11 is 0. The maximum absolute atomic E-state index is 12.4. The zero-order valence-corrected chi connectivity index (χ0v) is 16.8. The normalized spacial score (nSPS) is 27.9. The number of nitrogens with zero attached hydrogens (tertiary/aromatic N) is 2. The van der Waals surface area contributed by atoms with Crippen molar-refractivity contribution >= 4 is 17.2 Å². The Hall–Kier alpha value is -3.20. The first kappa shape index (κ1) is 16.6. The number of hydrogen-bond acceptors (Lipinski definition) is 3. The van der Waals surface area contributed by atoms with Gasteiger partial charge in [0.25, 0.3) is 0 Å². The van der Waals surface area contributed by atoms with Crippen LogP contribution in [0.2, 0.25) is 0 Å². The number of aliphatic imine (C=N–C) groups is 1. The van der Waals surface area contributed by atoms with Crippen LogP contribution in [0.15, 0.2) is 83.0 Å². The van der Waals surface area contributed by atoms with Gasteiger partial charge in [-0.15, -0.1) is 0 Å². The van der Waals surface area contributed by atoms with Gasteiger partial charge < -0.3 is 4.90 Å². The highest BCUT2D eigenvalue weighted by Crippen LogP contribution is 2.60. The van der Waals surface area contributed by atoms with Gasteiger partial charge in [0.15, 0.2) is 11.4 Å². The van der Waals surface area contributed by atoms with Gasteiger partial charge in [0.1, 0.15) is 0 Å². The van der Waals surface area contributed by atoms with Gasteiger partial charge in [-0.3, -0.25) is 4.79 Å². The lowest BCUT2D eigenvalue weighted by molar-refractivity contribution is -0.110. The van der Waals surface area contributed by atoms with E-state index in [0.717, 1.165) is 43.5 Å². The van der Waals surface area contributed by atoms with Crippen molar-refractivity contribution < 1.29 is 4.79 Å². The number of aryl methyl sites for hydroxylation is 2. The van der Waals surface area contributed by atoms with E-state index in [0.29, 0.717) is 5.92 Å². The molecule has 1 spiro atoms. The van der Waals surface area contributed by atoms with Crippen LogP contribution in [0.3, 0.4) is 0 Å². The first-order valence-electron chi connectivity index (χ1n) is 11.0. The fourth-order valence-electron chi connectivity index (χ4n) is 6.37. The summed E-state index contributed by atoms with van der Waals surface area (Å²) in [6.07, 6.45) is 10.9. The van der Waals surface area contributed by atoms with Crippen LogP contribution in [0.5, 0.6) is 0 Å². The van der Waals surface area contributed by atoms with Gasteiger partial charge in [0, 0.05) is 23.1 Å². The minimum atomic E-state index is -0.436. The molecule has 2 heterocycles. The van der Waals surface area contributed by atoms with E-state index in [1.54, 1.807) is 12.2 Å². The molecule has 3 nitrogen and oxygen atoms in total. The average molecular weight is 390 g/mol. The summed E-state index contributed by atoms with van der Waals surface area (Å²) in [6.45, 7) is 0. The SMILES string of the molecule is O=C1C=CC2=N[C@]34c5ccccc5CC[C@H]3CC3=C(c5ccccc5CC3)N4C2=C1. The number of allylic oxidation sites excluding steroid dienone is 4. The fourth-order valence-corrected chi connectivity index (χ4v) is 6.37. The molecule has 0 aromatic heterocycles. The van der Waals surface area contributed by atoms with E-state index in [4.69, 9.17) is 4.99 Å². The van der Waals surface area contributed by atoms with Crippen molar-refractivity contribution in [1.29, 1.82) is 0 Å². The smallest absolute Gasteiger partial charge is 0.180 e. The van der Waals surface area contributed by atoms with Crippen molar-refractivity contribution in [2.24, 2.45) is 10.9 Å². The molecule has 2 atom stereocenters. The van der Waals surface area contributed by atoms with Gasteiger partial charge in [0.05, 0.1) is 17.1 Å². The van der Waals surface area contributed by atoms with Gasteiger partial charge in [-0.1, -0.05) is 48.5 Å². The average Bonchev–Trinajstić information content (AvgIpc) is 3.12. The van der Waals surface area contributed by atoms with E-state index in [1.165, 1.54) is 33.5 Å². The molecule has 0 radical (unpaired) electrons. The second kappa shape index (κ2) is 5.69. The molecule has 2 aromatic carbocycles. The topological polar surface area (TPSA) is 32.7 Å². The van der Waals surface area contributed by atoms with Gasteiger partial charge in [-0.2, -0.15) is 0 Å². The standard InChI is InChI=1S/C27H22N2O/c30-21-13-14-24-25(16-21)29-26-19(10-9-17-5-1-3-7-22(17)26)15-20-12-11-18-6-2-4-8-23(18)27(20,29)28-24/h1-8,13-14,16,20H,9-12,15H2/t20-,27+/m0/s1. The fraction of sp³-hybridized carbons (Fsp3) is 0.259. The van der Waals surface area contributed by atoms with Crippen molar-refractivity contribution in [1.82, 2.24) is 4.90 Å². The maximum Gasteiger partial charge on any atom is 0.180 e. The third kappa shape index (κ3) is 1.95. The largest absolute Gasteiger partial charge is 0.309 e. The lowest BCUT2D eigenvalue weighted by Crippen LogP contribution is -2.51. The molecule has 0 amide bonds. The van der Waals surface area contributed by atoms with Crippen LogP contribution in [0.25, 0.3) is 5.70 Å². The molecule has 0 unspecified atom stereocenters. The van der Waals surface area contributed by atoms with Gasteiger partial charge in [-0.05, 0) is 61.0 Å². The van der Waals surface area contributed by atoms with E-state index >= 15 is 0 Å². The predicted molar refractivity (Wildman–Crippen MR) is 118 cm³/mol. The lowest BCUT2D eigenvalue weighted by Gasteiger charge is -2.53. The van der Waals surface area contributed by atoms with E-state index in [9.17, 15) is 4.79 Å². The van der Waals surface area contributed by atoms with E-state index in [1.807, 2.05) is 6.08 Å². The number of fused-ring (bicyclic) bond motifs is 6. The molecule has 0 saturated heterocycles. The highest BCUT2D eigenvalue weighted by molar-refractivity contribution is 6.21. The van der Waals surface area contributed by atoms with Gasteiger partial charge in [-0.25, -0.2) is 4.99 Å². The minimum absolute atomic E-state index is 0.0541. The minimum Gasteiger partial charge on any atom is -0.309 e. The number of hydrogen-bond donors (Lipinski definition) is 0. The molecule has 0 fully saturated rings. The maximum atomic E-state index is 12.4. The molecule has 0 N–H and O–H groups in total. The zero-order chi connectivity index (χ0) is 19.9. The summed E-state index contributed by atoms with van der Waals surface area (Å²) < 4.78 is 0. The number of benzene rings is 2.